The highest BCUT2D eigenvalue weighted by molar-refractivity contribution is 5.67. The molecule has 0 aromatic heterocycles. The van der Waals surface area contributed by atoms with E-state index in [1.54, 1.807) is 12.1 Å². The van der Waals surface area contributed by atoms with E-state index < -0.39 is 36.7 Å². The number of alkyl carbamates (subject to hydrolysis) is 1. The van der Waals surface area contributed by atoms with Crippen molar-refractivity contribution in [2.45, 2.75) is 44.2 Å². The van der Waals surface area contributed by atoms with Gasteiger partial charge in [-0.1, -0.05) is 30.3 Å². The highest BCUT2D eigenvalue weighted by atomic mass is 16.6. The first-order chi connectivity index (χ1) is 9.99. The molecule has 0 aliphatic carbocycles. The number of ether oxygens (including phenoxy) is 2. The maximum Gasteiger partial charge on any atom is 0.407 e. The zero-order valence-corrected chi connectivity index (χ0v) is 11.5. The zero-order valence-electron chi connectivity index (χ0n) is 11.5. The molecule has 1 fully saturated rings. The molecule has 0 spiro atoms. The number of rotatable bonds is 3. The molecule has 0 radical (unpaired) electrons. The van der Waals surface area contributed by atoms with Crippen molar-refractivity contribution in [1.29, 1.82) is 0 Å². The SMILES string of the molecule is C[C@H]1O[C@H](O)[C@H](NC(=O)OCc2ccccc2)[C@@H](O)[C@@H]1O. The normalized spacial score (nSPS) is 32.5. The molecule has 21 heavy (non-hydrogen) atoms. The minimum Gasteiger partial charge on any atom is -0.445 e. The van der Waals surface area contributed by atoms with Gasteiger partial charge in [0.1, 0.15) is 24.9 Å². The van der Waals surface area contributed by atoms with Crippen LogP contribution >= 0.6 is 0 Å². The van der Waals surface area contributed by atoms with Crippen molar-refractivity contribution in [2.24, 2.45) is 0 Å². The third kappa shape index (κ3) is 3.92. The summed E-state index contributed by atoms with van der Waals surface area (Å²) in [6.07, 6.45) is -5.50. The third-order valence-corrected chi connectivity index (χ3v) is 3.36. The molecule has 0 saturated carbocycles. The van der Waals surface area contributed by atoms with Gasteiger partial charge in [-0.25, -0.2) is 4.79 Å². The molecule has 4 N–H and O–H groups in total. The molecular formula is C14H19NO6. The number of carbonyl (C=O) groups is 1. The van der Waals surface area contributed by atoms with Crippen molar-refractivity contribution >= 4 is 6.09 Å². The Morgan fingerprint density at radius 2 is 1.90 bits per heavy atom. The minimum atomic E-state index is -1.41. The number of amides is 1. The largest absolute Gasteiger partial charge is 0.445 e. The van der Waals surface area contributed by atoms with Gasteiger partial charge in [-0.05, 0) is 12.5 Å². The van der Waals surface area contributed by atoms with Crippen LogP contribution in [0.5, 0.6) is 0 Å². The van der Waals surface area contributed by atoms with E-state index in [1.807, 2.05) is 18.2 Å². The highest BCUT2D eigenvalue weighted by Gasteiger charge is 2.42. The Labute approximate surface area is 122 Å². The molecule has 1 aromatic carbocycles. The Morgan fingerprint density at radius 3 is 2.57 bits per heavy atom. The number of nitrogens with one attached hydrogen (secondary N) is 1. The smallest absolute Gasteiger partial charge is 0.407 e. The lowest BCUT2D eigenvalue weighted by atomic mass is 9.98. The monoisotopic (exact) mass is 297 g/mol. The van der Waals surface area contributed by atoms with Crippen molar-refractivity contribution < 1.29 is 29.6 Å². The Hall–Kier alpha value is -1.67. The second kappa shape index (κ2) is 6.86. The fraction of sp³-hybridized carbons (Fsp3) is 0.500. The lowest BCUT2D eigenvalue weighted by Gasteiger charge is -2.39. The van der Waals surface area contributed by atoms with Gasteiger partial charge in [-0.3, -0.25) is 0 Å². The maximum atomic E-state index is 11.7. The van der Waals surface area contributed by atoms with Gasteiger partial charge in [0.15, 0.2) is 6.29 Å². The number of hydrogen-bond donors (Lipinski definition) is 4. The summed E-state index contributed by atoms with van der Waals surface area (Å²) in [6.45, 7) is 1.58. The van der Waals surface area contributed by atoms with E-state index in [1.165, 1.54) is 6.92 Å². The number of aliphatic hydroxyl groups is 3. The summed E-state index contributed by atoms with van der Waals surface area (Å²) in [4.78, 5) is 11.7. The molecule has 7 nitrogen and oxygen atoms in total. The van der Waals surface area contributed by atoms with Crippen LogP contribution in [0.4, 0.5) is 4.79 Å². The van der Waals surface area contributed by atoms with Crippen LogP contribution in [-0.4, -0.2) is 52.1 Å². The van der Waals surface area contributed by atoms with Crippen molar-refractivity contribution in [3.05, 3.63) is 35.9 Å². The topological polar surface area (TPSA) is 108 Å². The molecule has 1 aliphatic rings. The van der Waals surface area contributed by atoms with E-state index in [2.05, 4.69) is 5.32 Å². The number of aliphatic hydroxyl groups excluding tert-OH is 3. The van der Waals surface area contributed by atoms with Crippen molar-refractivity contribution in [1.82, 2.24) is 5.32 Å². The molecule has 1 saturated heterocycles. The van der Waals surface area contributed by atoms with Gasteiger partial charge < -0.3 is 30.1 Å². The molecule has 0 bridgehead atoms. The quantitative estimate of drug-likeness (QED) is 0.612. The van der Waals surface area contributed by atoms with Crippen molar-refractivity contribution in [2.75, 3.05) is 0 Å². The molecule has 7 heteroatoms. The number of hydrogen-bond acceptors (Lipinski definition) is 6. The Morgan fingerprint density at radius 1 is 1.24 bits per heavy atom. The zero-order chi connectivity index (χ0) is 15.4. The van der Waals surface area contributed by atoms with E-state index >= 15 is 0 Å². The van der Waals surface area contributed by atoms with Crippen LogP contribution in [0.1, 0.15) is 12.5 Å². The second-order valence-corrected chi connectivity index (χ2v) is 4.94. The van der Waals surface area contributed by atoms with E-state index in [4.69, 9.17) is 9.47 Å². The summed E-state index contributed by atoms with van der Waals surface area (Å²) in [5.41, 5.74) is 0.808. The summed E-state index contributed by atoms with van der Waals surface area (Å²) >= 11 is 0. The Kier molecular flexibility index (Phi) is 5.13. The molecule has 2 rings (SSSR count). The fourth-order valence-electron chi connectivity index (χ4n) is 2.10. The van der Waals surface area contributed by atoms with Gasteiger partial charge in [0.05, 0.1) is 6.10 Å². The Balaban J connectivity index is 1.87. The van der Waals surface area contributed by atoms with Gasteiger partial charge in [0, 0.05) is 0 Å². The predicted octanol–water partition coefficient (Wildman–Crippen LogP) is -0.260. The van der Waals surface area contributed by atoms with Gasteiger partial charge in [-0.15, -0.1) is 0 Å². The van der Waals surface area contributed by atoms with Gasteiger partial charge >= 0.3 is 6.09 Å². The van der Waals surface area contributed by atoms with Crippen LogP contribution in [0, 0.1) is 0 Å². The summed E-state index contributed by atoms with van der Waals surface area (Å²) in [7, 11) is 0. The molecule has 1 heterocycles. The van der Waals surface area contributed by atoms with Crippen molar-refractivity contribution in [3.8, 4) is 0 Å². The molecule has 5 atom stereocenters. The molecule has 1 aliphatic heterocycles. The molecule has 116 valence electrons. The Bertz CT molecular complexity index is 468. The van der Waals surface area contributed by atoms with Crippen molar-refractivity contribution in [3.63, 3.8) is 0 Å². The average Bonchev–Trinajstić information content (AvgIpc) is 2.48. The third-order valence-electron chi connectivity index (χ3n) is 3.36. The van der Waals surface area contributed by atoms with Gasteiger partial charge in [0.25, 0.3) is 0 Å². The summed E-state index contributed by atoms with van der Waals surface area (Å²) in [6, 6.07) is 7.92. The lowest BCUT2D eigenvalue weighted by molar-refractivity contribution is -0.241. The fourth-order valence-corrected chi connectivity index (χ4v) is 2.10. The van der Waals surface area contributed by atoms with Gasteiger partial charge in [0.2, 0.25) is 0 Å². The maximum absolute atomic E-state index is 11.7. The first-order valence-corrected chi connectivity index (χ1v) is 6.66. The molecule has 0 unspecified atom stereocenters. The lowest BCUT2D eigenvalue weighted by Crippen LogP contribution is -2.62. The summed E-state index contributed by atoms with van der Waals surface area (Å²) in [5, 5.41) is 31.5. The van der Waals surface area contributed by atoms with E-state index in [-0.39, 0.29) is 6.61 Å². The summed E-state index contributed by atoms with van der Waals surface area (Å²) in [5.74, 6) is 0. The number of benzene rings is 1. The van der Waals surface area contributed by atoms with Crippen LogP contribution in [-0.2, 0) is 16.1 Å². The first-order valence-electron chi connectivity index (χ1n) is 6.66. The van der Waals surface area contributed by atoms with Crippen LogP contribution in [0.3, 0.4) is 0 Å². The number of carbonyl (C=O) groups excluding carboxylic acids is 1. The average molecular weight is 297 g/mol. The molecule has 1 aromatic rings. The summed E-state index contributed by atoms with van der Waals surface area (Å²) < 4.78 is 10.0. The highest BCUT2D eigenvalue weighted by Crippen LogP contribution is 2.19. The van der Waals surface area contributed by atoms with Crippen LogP contribution in [0.2, 0.25) is 0 Å². The van der Waals surface area contributed by atoms with E-state index in [9.17, 15) is 20.1 Å². The molecular weight excluding hydrogens is 278 g/mol. The molecule has 1 amide bonds. The van der Waals surface area contributed by atoms with Gasteiger partial charge in [-0.2, -0.15) is 0 Å². The van der Waals surface area contributed by atoms with E-state index in [0.29, 0.717) is 0 Å². The predicted molar refractivity (Wildman–Crippen MR) is 72.1 cm³/mol. The minimum absolute atomic E-state index is 0.0609. The first kappa shape index (κ1) is 15.7. The van der Waals surface area contributed by atoms with Crippen LogP contribution in [0.15, 0.2) is 30.3 Å². The van der Waals surface area contributed by atoms with Crippen LogP contribution in [0.25, 0.3) is 0 Å². The second-order valence-electron chi connectivity index (χ2n) is 4.94. The standard InChI is InChI=1S/C14H19NO6/c1-8-11(16)12(17)10(13(18)21-8)15-14(19)20-7-9-5-3-2-4-6-9/h2-6,8,10-13,16-18H,7H2,1H3,(H,15,19)/t8-,10-,11-,12-,13+/m1/s1. The van der Waals surface area contributed by atoms with E-state index in [0.717, 1.165) is 5.56 Å². The van der Waals surface area contributed by atoms with Crippen LogP contribution < -0.4 is 5.32 Å².